The number of benzene rings is 1. The lowest BCUT2D eigenvalue weighted by atomic mass is 9.85. The first kappa shape index (κ1) is 42.7. The lowest BCUT2D eigenvalue weighted by Gasteiger charge is -2.38. The summed E-state index contributed by atoms with van der Waals surface area (Å²) in [6, 6.07) is 7.47. The van der Waals surface area contributed by atoms with Gasteiger partial charge in [-0.3, -0.25) is 34.0 Å². The number of ether oxygens (including phenoxy) is 2. The van der Waals surface area contributed by atoms with E-state index in [2.05, 4.69) is 53.5 Å². The van der Waals surface area contributed by atoms with Gasteiger partial charge in [0.15, 0.2) is 11.3 Å². The molecule has 1 aromatic carbocycles. The first-order valence-electron chi connectivity index (χ1n) is 22.2. The Bertz CT molecular complexity index is 2740. The topological polar surface area (TPSA) is 166 Å². The van der Waals surface area contributed by atoms with Crippen molar-refractivity contribution in [2.24, 2.45) is 5.92 Å². The first-order chi connectivity index (χ1) is 31.6. The molecule has 5 aliphatic rings. The van der Waals surface area contributed by atoms with Crippen molar-refractivity contribution in [3.8, 4) is 24.2 Å². The average Bonchev–Trinajstić information content (AvgIpc) is 4.16. The third-order valence-corrected chi connectivity index (χ3v) is 13.5. The minimum absolute atomic E-state index is 0.0234. The van der Waals surface area contributed by atoms with Gasteiger partial charge in [0.25, 0.3) is 12.3 Å². The van der Waals surface area contributed by atoms with Crippen molar-refractivity contribution in [1.82, 2.24) is 44.4 Å². The van der Waals surface area contributed by atoms with Crippen LogP contribution in [0.15, 0.2) is 42.9 Å². The number of para-hydroxylation sites is 1. The Morgan fingerprint density at radius 2 is 1.94 bits per heavy atom. The number of hydrogen-bond acceptors (Lipinski definition) is 11. The van der Waals surface area contributed by atoms with Crippen LogP contribution < -0.4 is 15.5 Å². The fraction of sp³-hybridized carbons (Fsp3) is 0.500. The number of hydrogen-bond donors (Lipinski definition) is 2. The van der Waals surface area contributed by atoms with Crippen molar-refractivity contribution in [2.75, 3.05) is 49.6 Å². The van der Waals surface area contributed by atoms with Crippen molar-refractivity contribution in [2.45, 2.75) is 101 Å². The molecule has 16 nitrogen and oxygen atoms in total. The van der Waals surface area contributed by atoms with Crippen LogP contribution in [0.25, 0.3) is 16.6 Å². The zero-order chi connectivity index (χ0) is 44.8. The number of terminal acetylenes is 1. The third-order valence-electron chi connectivity index (χ3n) is 13.5. The number of morpholine rings is 1. The summed E-state index contributed by atoms with van der Waals surface area (Å²) in [6.45, 7) is 3.17. The quantitative estimate of drug-likeness (QED) is 0.138. The first-order valence-corrected chi connectivity index (χ1v) is 22.2. The molecule has 10 rings (SSSR count). The summed E-state index contributed by atoms with van der Waals surface area (Å²) in [5, 5.41) is 19.0. The molecule has 19 heteroatoms. The van der Waals surface area contributed by atoms with Gasteiger partial charge in [-0.2, -0.15) is 15.3 Å². The molecule has 5 aromatic rings. The van der Waals surface area contributed by atoms with Crippen LogP contribution in [0.4, 0.5) is 24.7 Å². The number of anilines is 2. The van der Waals surface area contributed by atoms with Crippen LogP contribution in [-0.2, 0) is 25.6 Å². The summed E-state index contributed by atoms with van der Waals surface area (Å²) in [6.07, 6.45) is 10.8. The van der Waals surface area contributed by atoms with Crippen molar-refractivity contribution in [3.05, 3.63) is 65.4 Å². The summed E-state index contributed by atoms with van der Waals surface area (Å²) in [5.74, 6) is 7.91. The number of aromatic nitrogens is 7. The maximum atomic E-state index is 15.5. The van der Waals surface area contributed by atoms with Gasteiger partial charge in [0.05, 0.1) is 65.5 Å². The number of likely N-dealkylation sites (tertiary alicyclic amines) is 1. The van der Waals surface area contributed by atoms with Gasteiger partial charge in [-0.25, -0.2) is 22.7 Å². The second kappa shape index (κ2) is 17.9. The summed E-state index contributed by atoms with van der Waals surface area (Å²) < 4.78 is 60.5. The van der Waals surface area contributed by atoms with Crippen LogP contribution in [0.2, 0.25) is 0 Å². The van der Waals surface area contributed by atoms with Crippen molar-refractivity contribution in [1.29, 1.82) is 0 Å². The predicted molar refractivity (Wildman–Crippen MR) is 231 cm³/mol. The Labute approximate surface area is 372 Å². The average molecular weight is 892 g/mol. The third kappa shape index (κ3) is 8.56. The number of rotatable bonds is 11. The Morgan fingerprint density at radius 3 is 2.69 bits per heavy atom. The van der Waals surface area contributed by atoms with Gasteiger partial charge in [-0.05, 0) is 63.0 Å². The van der Waals surface area contributed by atoms with Crippen LogP contribution in [-0.4, -0.2) is 121 Å². The molecule has 4 aliphatic heterocycles. The van der Waals surface area contributed by atoms with E-state index in [1.54, 1.807) is 15.6 Å². The highest BCUT2D eigenvalue weighted by atomic mass is 19.3. The molecule has 0 radical (unpaired) electrons. The normalized spacial score (nSPS) is 25.8. The summed E-state index contributed by atoms with van der Waals surface area (Å²) >= 11 is 0. The molecule has 8 heterocycles. The van der Waals surface area contributed by atoms with E-state index in [1.165, 1.54) is 16.9 Å². The molecular formula is C46H48F3N11O5. The molecule has 2 N–H and O–H groups in total. The Morgan fingerprint density at radius 1 is 1.08 bits per heavy atom. The van der Waals surface area contributed by atoms with Crippen LogP contribution in [0, 0.1) is 30.1 Å². The largest absolute Gasteiger partial charge is 0.374 e. The van der Waals surface area contributed by atoms with E-state index in [1.807, 2.05) is 24.3 Å². The molecule has 4 aromatic heterocycles. The zero-order valence-electron chi connectivity index (χ0n) is 35.5. The van der Waals surface area contributed by atoms with E-state index in [9.17, 15) is 23.2 Å². The molecule has 5 fully saturated rings. The molecule has 1 saturated carbocycles. The summed E-state index contributed by atoms with van der Waals surface area (Å²) in [5.41, 5.74) is 1.84. The molecule has 3 amide bonds. The van der Waals surface area contributed by atoms with Crippen molar-refractivity contribution < 1.29 is 37.0 Å². The van der Waals surface area contributed by atoms with Crippen LogP contribution in [0.5, 0.6) is 0 Å². The van der Waals surface area contributed by atoms with Crippen LogP contribution in [0.1, 0.15) is 97.1 Å². The smallest absolute Gasteiger partial charge is 0.284 e. The van der Waals surface area contributed by atoms with Gasteiger partial charge in [0, 0.05) is 50.4 Å². The number of nitrogens with zero attached hydrogens (tertiary/aromatic N) is 9. The van der Waals surface area contributed by atoms with Crippen molar-refractivity contribution >= 4 is 45.8 Å². The maximum absolute atomic E-state index is 15.5. The standard InChI is InChI=1S/C46H48F3N11O5/c1-2-16-58-42-28(5-3-7-32(42)40(54-58)33-12-13-39(61)53-45(33)62)6-4-19-64-37-14-17-56(24-35(37)47)22-27-8-10-29(11-9-27)60-25-36(41(55-60)43(48)49)51-46(63)34-21-50-59-18-15-38(52-44(34)59)57-23-31-20-30(57)26-65-31/h1,3,5,7,15,18,21,25,27,29-31,33,35,37,43H,8-14,16-17,19-20,22-24,26H2,(H,51,63)(H,53,61,62)/t27-,29-,30-,31-,33?,35-,37+/m1/s1. The van der Waals surface area contributed by atoms with Gasteiger partial charge in [-0.15, -0.1) is 6.42 Å². The fourth-order valence-corrected chi connectivity index (χ4v) is 10.2. The second-order valence-electron chi connectivity index (χ2n) is 17.6. The van der Waals surface area contributed by atoms with E-state index in [0.29, 0.717) is 73.0 Å². The zero-order valence-corrected chi connectivity index (χ0v) is 35.5. The molecule has 5 atom stereocenters. The predicted octanol–water partition coefficient (Wildman–Crippen LogP) is 4.81. The van der Waals surface area contributed by atoms with E-state index >= 15 is 4.39 Å². The number of halogens is 3. The van der Waals surface area contributed by atoms with Gasteiger partial charge in [0.2, 0.25) is 11.8 Å². The molecule has 65 heavy (non-hydrogen) atoms. The molecule has 4 saturated heterocycles. The highest BCUT2D eigenvalue weighted by molar-refractivity contribution is 6.08. The number of fused-ring (bicyclic) bond motifs is 4. The highest BCUT2D eigenvalue weighted by Gasteiger charge is 2.40. The van der Waals surface area contributed by atoms with E-state index in [0.717, 1.165) is 37.7 Å². The number of imide groups is 1. The Kier molecular flexibility index (Phi) is 11.8. The van der Waals surface area contributed by atoms with Crippen LogP contribution >= 0.6 is 0 Å². The van der Waals surface area contributed by atoms with Gasteiger partial charge >= 0.3 is 0 Å². The lowest BCUT2D eigenvalue weighted by Crippen LogP contribution is -2.47. The number of nitrogens with one attached hydrogen (secondary N) is 2. The maximum Gasteiger partial charge on any atom is 0.284 e. The monoisotopic (exact) mass is 891 g/mol. The van der Waals surface area contributed by atoms with E-state index < -0.39 is 36.2 Å². The molecule has 0 spiro atoms. The van der Waals surface area contributed by atoms with Gasteiger partial charge in [0.1, 0.15) is 30.7 Å². The number of alkyl halides is 3. The van der Waals surface area contributed by atoms with E-state index in [-0.39, 0.29) is 67.4 Å². The number of piperidine rings is 2. The molecule has 1 unspecified atom stereocenters. The SMILES string of the molecule is C#CCn1nc(C2CCC(=O)NC2=O)c2cccc(C#CCO[C@H]3CCN(C[C@H]4CC[C@H](n5cc(NC(=O)c6cnn7ccc(N8C[C@H]9C[C@@H]8CO9)nc67)c(C(F)F)n5)CC4)C[C@H]3F)c21. The molecular weight excluding hydrogens is 844 g/mol. The number of carbonyl (C=O) groups excluding carboxylic acids is 3. The Hall–Kier alpha value is -6.28. The lowest BCUT2D eigenvalue weighted by molar-refractivity contribution is -0.134. The van der Waals surface area contributed by atoms with Gasteiger partial charge < -0.3 is 19.7 Å². The molecule has 1 aliphatic carbocycles. The van der Waals surface area contributed by atoms with Crippen molar-refractivity contribution in [3.63, 3.8) is 0 Å². The van der Waals surface area contributed by atoms with Crippen LogP contribution in [0.3, 0.4) is 0 Å². The van der Waals surface area contributed by atoms with Gasteiger partial charge in [-0.1, -0.05) is 29.9 Å². The number of amides is 3. The Balaban J connectivity index is 0.713. The number of carbonyl (C=O) groups is 3. The fourth-order valence-electron chi connectivity index (χ4n) is 10.2. The molecule has 338 valence electrons. The minimum atomic E-state index is -2.90. The summed E-state index contributed by atoms with van der Waals surface area (Å²) in [4.78, 5) is 47.0. The summed E-state index contributed by atoms with van der Waals surface area (Å²) in [7, 11) is 0. The second-order valence-corrected chi connectivity index (χ2v) is 17.6. The van der Waals surface area contributed by atoms with E-state index in [4.69, 9.17) is 20.9 Å². The highest BCUT2D eigenvalue weighted by Crippen LogP contribution is 2.37. The molecule has 2 bridgehead atoms. The minimum Gasteiger partial charge on any atom is -0.374 e.